The first-order valence-corrected chi connectivity index (χ1v) is 13.2. The number of carbonyl (C=O) groups is 1. The number of benzene rings is 1. The zero-order valence-electron chi connectivity index (χ0n) is 22.1. The lowest BCUT2D eigenvalue weighted by atomic mass is 10.00. The van der Waals surface area contributed by atoms with Crippen LogP contribution >= 0.6 is 11.8 Å². The van der Waals surface area contributed by atoms with Crippen molar-refractivity contribution >= 4 is 23.4 Å². The molecule has 2 rings (SSSR count). The van der Waals surface area contributed by atoms with E-state index in [1.807, 2.05) is 73.2 Å². The molecule has 0 aromatic heterocycles. The first kappa shape index (κ1) is 31.0. The van der Waals surface area contributed by atoms with Gasteiger partial charge in [-0.3, -0.25) is 0 Å². The van der Waals surface area contributed by atoms with Crippen molar-refractivity contribution in [2.45, 2.75) is 84.5 Å². The third kappa shape index (κ3) is 10.7. The fourth-order valence-electron chi connectivity index (χ4n) is 3.41. The van der Waals surface area contributed by atoms with Gasteiger partial charge in [0.2, 0.25) is 0 Å². The first-order chi connectivity index (χ1) is 15.8. The van der Waals surface area contributed by atoms with Crippen LogP contribution in [0.5, 0.6) is 0 Å². The van der Waals surface area contributed by atoms with Gasteiger partial charge in [-0.2, -0.15) is 11.8 Å². The van der Waals surface area contributed by atoms with E-state index in [9.17, 15) is 4.79 Å². The van der Waals surface area contributed by atoms with Crippen LogP contribution in [0.4, 0.5) is 4.79 Å². The molecule has 0 aliphatic carbocycles. The highest BCUT2D eigenvalue weighted by Crippen LogP contribution is 2.32. The van der Waals surface area contributed by atoms with Crippen molar-refractivity contribution in [2.24, 2.45) is 5.73 Å². The van der Waals surface area contributed by atoms with Gasteiger partial charge in [-0.1, -0.05) is 82.8 Å². The number of nitrogens with two attached hydrogens (primary N) is 1. The molecule has 2 unspecified atom stereocenters. The molecule has 0 saturated carbocycles. The molecular formula is C28H46N2O2S. The van der Waals surface area contributed by atoms with E-state index in [0.29, 0.717) is 18.3 Å². The standard InChI is InChI=1S/C24H34N2O2S.2C2H6/c1-6-8-11-18(7-2)22-13-10-9-12-19(22)17-29-21-14-20(15-25)26(16-21)23(27)28-24(3,4)5;2*1-2/h6-13,20-21H,1,14-17,25H2,2-5H3;2*1-2H3/b11-8-,18-7+;;. The minimum atomic E-state index is -0.498. The summed E-state index contributed by atoms with van der Waals surface area (Å²) < 4.78 is 5.57. The molecule has 2 atom stereocenters. The number of hydrogen-bond acceptors (Lipinski definition) is 4. The lowest BCUT2D eigenvalue weighted by molar-refractivity contribution is 0.0232. The topological polar surface area (TPSA) is 55.6 Å². The van der Waals surface area contributed by atoms with Gasteiger partial charge >= 0.3 is 6.09 Å². The zero-order chi connectivity index (χ0) is 25.4. The SMILES string of the molecule is C=C/C=C\C(=C/C)c1ccccc1CSC1CC(CN)N(C(=O)OC(C)(C)C)C1.CC.CC. The highest BCUT2D eigenvalue weighted by atomic mass is 32.2. The summed E-state index contributed by atoms with van der Waals surface area (Å²) in [5, 5.41) is 0.349. The van der Waals surface area contributed by atoms with Gasteiger partial charge in [0.15, 0.2) is 0 Å². The van der Waals surface area contributed by atoms with Crippen molar-refractivity contribution in [3.8, 4) is 0 Å². The number of hydrogen-bond donors (Lipinski definition) is 1. The van der Waals surface area contributed by atoms with E-state index in [0.717, 1.165) is 12.2 Å². The van der Waals surface area contributed by atoms with Gasteiger partial charge in [-0.15, -0.1) is 0 Å². The fourth-order valence-corrected chi connectivity index (χ4v) is 4.70. The molecule has 1 fully saturated rings. The van der Waals surface area contributed by atoms with Gasteiger partial charge in [0.05, 0.1) is 0 Å². The molecule has 1 aromatic rings. The quantitative estimate of drug-likeness (QED) is 0.417. The van der Waals surface area contributed by atoms with Crippen molar-refractivity contribution in [3.05, 3.63) is 66.3 Å². The first-order valence-electron chi connectivity index (χ1n) is 12.1. The van der Waals surface area contributed by atoms with Crippen LogP contribution in [0.25, 0.3) is 5.57 Å². The highest BCUT2D eigenvalue weighted by Gasteiger charge is 2.37. The number of allylic oxidation sites excluding steroid dienone is 5. The van der Waals surface area contributed by atoms with Crippen LogP contribution in [0, 0.1) is 0 Å². The smallest absolute Gasteiger partial charge is 0.410 e. The molecule has 186 valence electrons. The Morgan fingerprint density at radius 3 is 2.42 bits per heavy atom. The monoisotopic (exact) mass is 474 g/mol. The maximum absolute atomic E-state index is 12.5. The van der Waals surface area contributed by atoms with Crippen LogP contribution in [0.2, 0.25) is 0 Å². The summed E-state index contributed by atoms with van der Waals surface area (Å²) >= 11 is 1.88. The molecule has 4 nitrogen and oxygen atoms in total. The fraction of sp³-hybridized carbons (Fsp3) is 0.536. The summed E-state index contributed by atoms with van der Waals surface area (Å²) in [5.74, 6) is 0.888. The molecule has 0 radical (unpaired) electrons. The van der Waals surface area contributed by atoms with E-state index in [4.69, 9.17) is 10.5 Å². The van der Waals surface area contributed by atoms with Crippen LogP contribution in [0.3, 0.4) is 0 Å². The number of nitrogens with zero attached hydrogens (tertiary/aromatic N) is 1. The van der Waals surface area contributed by atoms with Crippen LogP contribution in [-0.4, -0.2) is 41.0 Å². The number of carbonyl (C=O) groups excluding carboxylic acids is 1. The van der Waals surface area contributed by atoms with Crippen molar-refractivity contribution in [3.63, 3.8) is 0 Å². The number of likely N-dealkylation sites (tertiary alicyclic amines) is 1. The average molecular weight is 475 g/mol. The van der Waals surface area contributed by atoms with Gasteiger partial charge < -0.3 is 15.4 Å². The molecule has 0 bridgehead atoms. The Hall–Kier alpha value is -1.98. The molecule has 33 heavy (non-hydrogen) atoms. The zero-order valence-corrected chi connectivity index (χ0v) is 22.9. The molecule has 5 heteroatoms. The third-order valence-electron chi connectivity index (χ3n) is 4.80. The van der Waals surface area contributed by atoms with E-state index in [1.165, 1.54) is 16.7 Å². The summed E-state index contributed by atoms with van der Waals surface area (Å²) in [7, 11) is 0. The van der Waals surface area contributed by atoms with E-state index >= 15 is 0 Å². The molecule has 1 saturated heterocycles. The number of thioether (sulfide) groups is 1. The number of rotatable bonds is 7. The van der Waals surface area contributed by atoms with Gasteiger partial charge in [0, 0.05) is 30.1 Å². The molecule has 1 aromatic carbocycles. The summed E-state index contributed by atoms with van der Waals surface area (Å²) in [6, 6.07) is 8.52. The number of ether oxygens (including phenoxy) is 1. The molecular weight excluding hydrogens is 428 g/mol. The van der Waals surface area contributed by atoms with Gasteiger partial charge in [0.25, 0.3) is 0 Å². The lowest BCUT2D eigenvalue weighted by Gasteiger charge is -2.27. The van der Waals surface area contributed by atoms with E-state index in [2.05, 4.69) is 43.0 Å². The molecule has 1 amide bonds. The summed E-state index contributed by atoms with van der Waals surface area (Å²) in [6.45, 7) is 20.6. The molecule has 1 aliphatic rings. The Balaban J connectivity index is 0.00000242. The minimum absolute atomic E-state index is 0.0409. The van der Waals surface area contributed by atoms with Crippen LogP contribution in [0.15, 0.2) is 55.1 Å². The maximum atomic E-state index is 12.5. The second kappa shape index (κ2) is 16.6. The second-order valence-corrected chi connectivity index (χ2v) is 9.48. The maximum Gasteiger partial charge on any atom is 0.410 e. The molecule has 1 heterocycles. The normalized spacial score (nSPS) is 18.2. The lowest BCUT2D eigenvalue weighted by Crippen LogP contribution is -2.43. The van der Waals surface area contributed by atoms with Crippen LogP contribution in [0.1, 0.15) is 72.9 Å². The Kier molecular flexibility index (Phi) is 15.6. The van der Waals surface area contributed by atoms with Crippen molar-refractivity contribution in [1.82, 2.24) is 4.90 Å². The predicted molar refractivity (Wildman–Crippen MR) is 148 cm³/mol. The largest absolute Gasteiger partial charge is 0.444 e. The summed E-state index contributed by atoms with van der Waals surface area (Å²) in [6.07, 6.45) is 8.59. The number of amides is 1. The van der Waals surface area contributed by atoms with Crippen molar-refractivity contribution in [2.75, 3.05) is 13.1 Å². The second-order valence-electron chi connectivity index (χ2n) is 8.19. The van der Waals surface area contributed by atoms with Gasteiger partial charge in [-0.05, 0) is 50.8 Å². The van der Waals surface area contributed by atoms with E-state index < -0.39 is 5.60 Å². The Morgan fingerprint density at radius 1 is 1.24 bits per heavy atom. The van der Waals surface area contributed by atoms with E-state index in [-0.39, 0.29) is 12.1 Å². The third-order valence-corrected chi connectivity index (χ3v) is 6.09. The Bertz CT molecular complexity index is 765. The van der Waals surface area contributed by atoms with Crippen LogP contribution in [-0.2, 0) is 10.5 Å². The van der Waals surface area contributed by atoms with Crippen molar-refractivity contribution < 1.29 is 9.53 Å². The average Bonchev–Trinajstić information content (AvgIpc) is 3.24. The molecule has 2 N–H and O–H groups in total. The van der Waals surface area contributed by atoms with Gasteiger partial charge in [-0.25, -0.2) is 4.79 Å². The molecule has 0 spiro atoms. The van der Waals surface area contributed by atoms with E-state index in [1.54, 1.807) is 11.0 Å². The summed E-state index contributed by atoms with van der Waals surface area (Å²) in [5.41, 5.74) is 9.15. The minimum Gasteiger partial charge on any atom is -0.444 e. The van der Waals surface area contributed by atoms with Gasteiger partial charge in [0.1, 0.15) is 5.60 Å². The summed E-state index contributed by atoms with van der Waals surface area (Å²) in [4.78, 5) is 14.4. The van der Waals surface area contributed by atoms with Crippen LogP contribution < -0.4 is 5.73 Å². The van der Waals surface area contributed by atoms with Crippen molar-refractivity contribution in [1.29, 1.82) is 0 Å². The Labute approximate surface area is 207 Å². The highest BCUT2D eigenvalue weighted by molar-refractivity contribution is 7.99. The molecule has 1 aliphatic heterocycles. The Morgan fingerprint density at radius 2 is 1.88 bits per heavy atom. The predicted octanol–water partition coefficient (Wildman–Crippen LogP) is 7.45.